The first-order valence-electron chi connectivity index (χ1n) is 13.7. The van der Waals surface area contributed by atoms with Gasteiger partial charge in [0.05, 0.1) is 48.5 Å². The van der Waals surface area contributed by atoms with Crippen LogP contribution in [0.15, 0.2) is 82.9 Å². The number of aryl methyl sites for hydroxylation is 1. The van der Waals surface area contributed by atoms with Gasteiger partial charge < -0.3 is 10.2 Å². The van der Waals surface area contributed by atoms with Crippen molar-refractivity contribution in [2.24, 2.45) is 9.98 Å². The first kappa shape index (κ1) is 26.9. The van der Waals surface area contributed by atoms with Crippen LogP contribution in [-0.4, -0.2) is 82.3 Å². The van der Waals surface area contributed by atoms with Crippen LogP contribution in [0.1, 0.15) is 24.0 Å². The Kier molecular flexibility index (Phi) is 6.94. The van der Waals surface area contributed by atoms with E-state index in [0.717, 1.165) is 22.0 Å². The van der Waals surface area contributed by atoms with Crippen LogP contribution in [0, 0.1) is 6.92 Å². The van der Waals surface area contributed by atoms with Crippen molar-refractivity contribution in [3.63, 3.8) is 0 Å². The van der Waals surface area contributed by atoms with Crippen molar-refractivity contribution in [2.75, 3.05) is 38.0 Å². The van der Waals surface area contributed by atoms with E-state index in [1.165, 1.54) is 11.0 Å². The molecule has 2 aromatic carbocycles. The molecule has 0 bridgehead atoms. The number of fused-ring (bicyclic) bond motifs is 1. The largest absolute Gasteiger partial charge is 0.329 e. The Morgan fingerprint density at radius 1 is 1.02 bits per heavy atom. The molecule has 41 heavy (non-hydrogen) atoms. The van der Waals surface area contributed by atoms with Gasteiger partial charge in [-0.25, -0.2) is 8.78 Å². The zero-order chi connectivity index (χ0) is 28.6. The van der Waals surface area contributed by atoms with Crippen LogP contribution in [0.4, 0.5) is 14.5 Å². The number of halogens is 2. The summed E-state index contributed by atoms with van der Waals surface area (Å²) in [5.41, 5.74) is 4.12. The lowest BCUT2D eigenvalue weighted by Crippen LogP contribution is -2.60. The molecule has 3 aromatic rings. The number of carbonyl (C=O) groups is 2. The molecular weight excluding hydrogens is 526 g/mol. The van der Waals surface area contributed by atoms with Gasteiger partial charge in [-0.1, -0.05) is 48.0 Å². The number of carbonyl (C=O) groups excluding carboxylic acids is 2. The summed E-state index contributed by atoms with van der Waals surface area (Å²) in [4.78, 5) is 42.8. The Morgan fingerprint density at radius 3 is 2.49 bits per heavy atom. The van der Waals surface area contributed by atoms with E-state index >= 15 is 0 Å². The molecule has 0 radical (unpaired) electrons. The van der Waals surface area contributed by atoms with Gasteiger partial charge in [-0.15, -0.1) is 0 Å². The number of allylic oxidation sites excluding steroid dienone is 1. The number of alkyl halides is 2. The maximum atomic E-state index is 13.2. The predicted molar refractivity (Wildman–Crippen MR) is 155 cm³/mol. The summed E-state index contributed by atoms with van der Waals surface area (Å²) >= 11 is 0. The number of aromatic nitrogens is 1. The number of anilines is 1. The monoisotopic (exact) mass is 556 g/mol. The minimum Gasteiger partial charge on any atom is -0.329 e. The molecule has 210 valence electrons. The lowest BCUT2D eigenvalue weighted by molar-refractivity contribution is -0.166. The number of pyridine rings is 1. The zero-order valence-electron chi connectivity index (χ0n) is 22.7. The number of benzene rings is 2. The number of nitrogens with zero attached hydrogens (tertiary/aromatic N) is 5. The van der Waals surface area contributed by atoms with Crippen LogP contribution in [0.5, 0.6) is 0 Å². The second-order valence-corrected chi connectivity index (χ2v) is 10.9. The highest BCUT2D eigenvalue weighted by molar-refractivity contribution is 6.53. The van der Waals surface area contributed by atoms with Crippen molar-refractivity contribution in [3.05, 3.63) is 84.1 Å². The minimum absolute atomic E-state index is 0.112. The Bertz CT molecular complexity index is 1580. The molecule has 0 unspecified atom stereocenters. The number of aliphatic imine (C=N–C) groups is 2. The number of rotatable bonds is 6. The maximum absolute atomic E-state index is 13.2. The average molecular weight is 557 g/mol. The molecule has 4 heterocycles. The van der Waals surface area contributed by atoms with Gasteiger partial charge in [-0.2, -0.15) is 0 Å². The van der Waals surface area contributed by atoms with Gasteiger partial charge in [-0.05, 0) is 25.1 Å². The predicted octanol–water partition coefficient (Wildman–Crippen LogP) is 4.25. The van der Waals surface area contributed by atoms with E-state index in [1.807, 2.05) is 66.4 Å². The number of hydrogen-bond acceptors (Lipinski definition) is 6. The molecule has 8 nitrogen and oxygen atoms in total. The fourth-order valence-electron chi connectivity index (χ4n) is 5.36. The summed E-state index contributed by atoms with van der Waals surface area (Å²) in [6.45, 7) is 2.26. The van der Waals surface area contributed by atoms with Gasteiger partial charge in [0.2, 0.25) is 11.8 Å². The van der Waals surface area contributed by atoms with E-state index in [4.69, 9.17) is 9.98 Å². The Labute approximate surface area is 236 Å². The number of amides is 2. The van der Waals surface area contributed by atoms with Crippen molar-refractivity contribution in [1.29, 1.82) is 0 Å². The van der Waals surface area contributed by atoms with Crippen LogP contribution in [-0.2, 0) is 9.59 Å². The number of piperidine rings is 1. The van der Waals surface area contributed by atoms with Crippen molar-refractivity contribution in [2.45, 2.75) is 31.4 Å². The van der Waals surface area contributed by atoms with Crippen molar-refractivity contribution in [1.82, 2.24) is 14.8 Å². The zero-order valence-corrected chi connectivity index (χ0v) is 22.7. The summed E-state index contributed by atoms with van der Waals surface area (Å²) < 4.78 is 26.3. The maximum Gasteiger partial charge on any atom is 0.282 e. The number of likely N-dealkylation sites (tertiary alicyclic amines) is 2. The van der Waals surface area contributed by atoms with Crippen molar-refractivity contribution >= 4 is 39.8 Å². The van der Waals surface area contributed by atoms with E-state index in [1.54, 1.807) is 12.3 Å². The molecule has 0 aliphatic carbocycles. The summed E-state index contributed by atoms with van der Waals surface area (Å²) in [7, 11) is 0. The molecular formula is C31H30F2N6O2. The lowest BCUT2D eigenvalue weighted by Gasteiger charge is -2.41. The Balaban J connectivity index is 1.16. The van der Waals surface area contributed by atoms with Crippen LogP contribution in [0.25, 0.3) is 10.9 Å². The second-order valence-electron chi connectivity index (χ2n) is 10.9. The van der Waals surface area contributed by atoms with Crippen LogP contribution >= 0.6 is 0 Å². The summed E-state index contributed by atoms with van der Waals surface area (Å²) in [6.07, 6.45) is 5.93. The molecule has 3 aliphatic heterocycles. The Hall–Kier alpha value is -4.31. The van der Waals surface area contributed by atoms with Crippen LogP contribution in [0.3, 0.4) is 0 Å². The van der Waals surface area contributed by atoms with Gasteiger partial charge in [0.1, 0.15) is 0 Å². The highest BCUT2D eigenvalue weighted by Crippen LogP contribution is 2.34. The molecule has 2 saturated heterocycles. The third-order valence-electron chi connectivity index (χ3n) is 7.68. The molecule has 1 spiro atoms. The molecule has 10 heteroatoms. The topological polar surface area (TPSA) is 90.3 Å². The third kappa shape index (κ3) is 5.92. The molecule has 2 fully saturated rings. The summed E-state index contributed by atoms with van der Waals surface area (Å²) in [5.74, 6) is -3.35. The first-order chi connectivity index (χ1) is 19.7. The molecule has 0 atom stereocenters. The molecule has 0 saturated carbocycles. The molecule has 3 aliphatic rings. The van der Waals surface area contributed by atoms with Gasteiger partial charge in [0.15, 0.2) is 5.66 Å². The standard InChI is InChI=1S/C31H30F2N6O2/c1-21-6-8-22(9-7-21)29-26(10-11-27(40)35-24-16-23-4-2-3-5-25(23)34-17-24)36-31(37-29)12-14-38(15-13-31)18-28(41)39-19-30(32,33)20-39/h2-11,16-17H,12-15,18-20H2,1H3,(H,35,40). The number of nitrogens with one attached hydrogen (secondary N) is 1. The van der Waals surface area contributed by atoms with Gasteiger partial charge in [0, 0.05) is 43.0 Å². The van der Waals surface area contributed by atoms with Gasteiger partial charge in [-0.3, -0.25) is 29.5 Å². The fraction of sp³-hybridized carbons (Fsp3) is 0.323. The van der Waals surface area contributed by atoms with Crippen LogP contribution in [0.2, 0.25) is 0 Å². The van der Waals surface area contributed by atoms with E-state index in [0.29, 0.717) is 43.0 Å². The van der Waals surface area contributed by atoms with E-state index in [2.05, 4.69) is 10.3 Å². The Morgan fingerprint density at radius 2 is 1.76 bits per heavy atom. The van der Waals surface area contributed by atoms with Crippen molar-refractivity contribution < 1.29 is 18.4 Å². The molecule has 2 amide bonds. The van der Waals surface area contributed by atoms with Crippen LogP contribution < -0.4 is 5.32 Å². The second kappa shape index (κ2) is 10.6. The van der Waals surface area contributed by atoms with E-state index in [9.17, 15) is 18.4 Å². The highest BCUT2D eigenvalue weighted by Gasteiger charge is 2.47. The van der Waals surface area contributed by atoms with Gasteiger partial charge >= 0.3 is 0 Å². The number of para-hydroxylation sites is 1. The molecule has 1 aromatic heterocycles. The minimum atomic E-state index is -2.77. The summed E-state index contributed by atoms with van der Waals surface area (Å²) in [5, 5.41) is 3.80. The smallest absolute Gasteiger partial charge is 0.282 e. The fourth-order valence-corrected chi connectivity index (χ4v) is 5.36. The lowest BCUT2D eigenvalue weighted by atomic mass is 9.98. The normalized spacial score (nSPS) is 19.7. The third-order valence-corrected chi connectivity index (χ3v) is 7.68. The van der Waals surface area contributed by atoms with Gasteiger partial charge in [0.25, 0.3) is 5.92 Å². The average Bonchev–Trinajstić information content (AvgIpc) is 3.30. The quantitative estimate of drug-likeness (QED) is 0.460. The SMILES string of the molecule is Cc1ccc(C2=NC3(CCN(CC(=O)N4CC(F)(F)C4)CC3)N=C2C=CC(=O)Nc2cnc3ccccc3c2)cc1. The molecule has 6 rings (SSSR count). The van der Waals surface area contributed by atoms with E-state index < -0.39 is 24.7 Å². The highest BCUT2D eigenvalue weighted by atomic mass is 19.3. The van der Waals surface area contributed by atoms with Crippen molar-refractivity contribution in [3.8, 4) is 0 Å². The molecule has 1 N–H and O–H groups in total. The first-order valence-corrected chi connectivity index (χ1v) is 13.7. The van der Waals surface area contributed by atoms with E-state index in [-0.39, 0.29) is 18.4 Å². The number of hydrogen-bond donors (Lipinski definition) is 1. The summed E-state index contributed by atoms with van der Waals surface area (Å²) in [6, 6.07) is 17.6.